The van der Waals surface area contributed by atoms with Crippen molar-refractivity contribution in [1.29, 1.82) is 0 Å². The van der Waals surface area contributed by atoms with Crippen molar-refractivity contribution < 1.29 is 4.42 Å². The number of H-pyrrole nitrogens is 1. The summed E-state index contributed by atoms with van der Waals surface area (Å²) in [5.41, 5.74) is 4.39. The summed E-state index contributed by atoms with van der Waals surface area (Å²) in [5, 5.41) is 1.43. The van der Waals surface area contributed by atoms with Gasteiger partial charge in [0.1, 0.15) is 5.58 Å². The molecule has 2 aromatic carbocycles. The first-order chi connectivity index (χ1) is 11.6. The van der Waals surface area contributed by atoms with Gasteiger partial charge < -0.3 is 9.40 Å². The highest BCUT2D eigenvalue weighted by Gasteiger charge is 2.17. The monoisotopic (exact) mass is 355 g/mol. The Balaban J connectivity index is 2.11. The van der Waals surface area contributed by atoms with Crippen molar-refractivity contribution in [2.24, 2.45) is 0 Å². The van der Waals surface area contributed by atoms with Crippen molar-refractivity contribution in [3.63, 3.8) is 0 Å². The third-order valence-corrected chi connectivity index (χ3v) is 5.19. The molecule has 0 amide bonds. The topological polar surface area (TPSA) is 46.0 Å². The normalized spacial score (nSPS) is 11.5. The molecule has 2 heterocycles. The van der Waals surface area contributed by atoms with Crippen LogP contribution in [0.25, 0.3) is 33.2 Å². The molecule has 5 heteroatoms. The SMILES string of the molecule is CSc1ccc(-c2c(C)c(=O)[nH]c3c2oc2ccc(Cl)cc23)cc1. The number of aromatic nitrogens is 1. The second kappa shape index (κ2) is 5.72. The molecule has 0 aliphatic heterocycles. The maximum atomic E-state index is 12.4. The first kappa shape index (κ1) is 15.4. The van der Waals surface area contributed by atoms with Gasteiger partial charge in [0.05, 0.1) is 5.52 Å². The standard InChI is InChI=1S/C19H14ClNO2S/c1-10-16(11-3-6-13(24-2)7-4-11)18-17(21-19(10)22)14-9-12(20)5-8-15(14)23-18/h3-9H,1-2H3,(H,21,22). The van der Waals surface area contributed by atoms with Crippen LogP contribution < -0.4 is 5.56 Å². The molecule has 0 bridgehead atoms. The molecule has 0 fully saturated rings. The van der Waals surface area contributed by atoms with E-state index < -0.39 is 0 Å². The van der Waals surface area contributed by atoms with Crippen LogP contribution in [0.1, 0.15) is 5.56 Å². The molecular weight excluding hydrogens is 342 g/mol. The van der Waals surface area contributed by atoms with Crippen molar-refractivity contribution in [2.45, 2.75) is 11.8 Å². The van der Waals surface area contributed by atoms with Crippen molar-refractivity contribution >= 4 is 45.4 Å². The number of rotatable bonds is 2. The molecule has 24 heavy (non-hydrogen) atoms. The predicted molar refractivity (Wildman–Crippen MR) is 101 cm³/mol. The van der Waals surface area contributed by atoms with Crippen molar-refractivity contribution in [3.8, 4) is 11.1 Å². The quantitative estimate of drug-likeness (QED) is 0.474. The van der Waals surface area contributed by atoms with Gasteiger partial charge in [-0.2, -0.15) is 0 Å². The Bertz CT molecular complexity index is 1130. The number of aromatic amines is 1. The zero-order chi connectivity index (χ0) is 16.8. The molecule has 0 aliphatic carbocycles. The highest BCUT2D eigenvalue weighted by molar-refractivity contribution is 7.98. The Morgan fingerprint density at radius 3 is 2.58 bits per heavy atom. The van der Waals surface area contributed by atoms with Gasteiger partial charge in [0, 0.05) is 26.4 Å². The molecule has 0 saturated carbocycles. The van der Waals surface area contributed by atoms with Crippen molar-refractivity contribution in [2.75, 3.05) is 6.26 Å². The molecule has 120 valence electrons. The minimum atomic E-state index is -0.117. The molecule has 2 aromatic heterocycles. The van der Waals surface area contributed by atoms with Crippen molar-refractivity contribution in [1.82, 2.24) is 4.98 Å². The van der Waals surface area contributed by atoms with Gasteiger partial charge in [-0.3, -0.25) is 4.79 Å². The Hall–Kier alpha value is -2.17. The van der Waals surface area contributed by atoms with Gasteiger partial charge in [0.2, 0.25) is 0 Å². The molecule has 1 N–H and O–H groups in total. The first-order valence-electron chi connectivity index (χ1n) is 7.47. The van der Waals surface area contributed by atoms with Gasteiger partial charge >= 0.3 is 0 Å². The van der Waals surface area contributed by atoms with Gasteiger partial charge in [-0.1, -0.05) is 23.7 Å². The van der Waals surface area contributed by atoms with Gasteiger partial charge in [0.25, 0.3) is 5.56 Å². The Morgan fingerprint density at radius 1 is 1.12 bits per heavy atom. The number of hydrogen-bond donors (Lipinski definition) is 1. The van der Waals surface area contributed by atoms with E-state index in [-0.39, 0.29) is 5.56 Å². The lowest BCUT2D eigenvalue weighted by molar-refractivity contribution is 0.668. The summed E-state index contributed by atoms with van der Waals surface area (Å²) in [7, 11) is 0. The Kier molecular flexibility index (Phi) is 3.66. The van der Waals surface area contributed by atoms with E-state index >= 15 is 0 Å². The van der Waals surface area contributed by atoms with Crippen molar-refractivity contribution in [3.05, 3.63) is 63.4 Å². The number of benzene rings is 2. The Morgan fingerprint density at radius 2 is 1.88 bits per heavy atom. The van der Waals surface area contributed by atoms with Gasteiger partial charge in [-0.25, -0.2) is 0 Å². The van der Waals surface area contributed by atoms with Gasteiger partial charge in [-0.05, 0) is 49.1 Å². The fourth-order valence-electron chi connectivity index (χ4n) is 2.97. The van der Waals surface area contributed by atoms with Crippen LogP contribution in [0.5, 0.6) is 0 Å². The number of nitrogens with one attached hydrogen (secondary N) is 1. The van der Waals surface area contributed by atoms with Crippen LogP contribution in [0.3, 0.4) is 0 Å². The molecule has 0 saturated heterocycles. The smallest absolute Gasteiger partial charge is 0.252 e. The fourth-order valence-corrected chi connectivity index (χ4v) is 3.55. The lowest BCUT2D eigenvalue weighted by Gasteiger charge is -2.07. The van der Waals surface area contributed by atoms with Crippen LogP contribution in [0.4, 0.5) is 0 Å². The summed E-state index contributed by atoms with van der Waals surface area (Å²) in [6.07, 6.45) is 2.04. The maximum Gasteiger partial charge on any atom is 0.252 e. The number of pyridine rings is 1. The molecule has 4 aromatic rings. The summed E-state index contributed by atoms with van der Waals surface area (Å²) in [4.78, 5) is 16.5. The molecule has 3 nitrogen and oxygen atoms in total. The average Bonchev–Trinajstić information content (AvgIpc) is 2.93. The second-order valence-corrected chi connectivity index (χ2v) is 6.95. The maximum absolute atomic E-state index is 12.4. The average molecular weight is 356 g/mol. The highest BCUT2D eigenvalue weighted by atomic mass is 35.5. The lowest BCUT2D eigenvalue weighted by Crippen LogP contribution is -2.10. The van der Waals surface area contributed by atoms with E-state index in [1.165, 1.54) is 4.90 Å². The molecule has 4 rings (SSSR count). The largest absolute Gasteiger partial charge is 0.454 e. The third kappa shape index (κ3) is 2.34. The zero-order valence-corrected chi connectivity index (χ0v) is 14.7. The second-order valence-electron chi connectivity index (χ2n) is 5.63. The minimum Gasteiger partial charge on any atom is -0.454 e. The summed E-state index contributed by atoms with van der Waals surface area (Å²) in [6.45, 7) is 1.82. The molecule has 0 radical (unpaired) electrons. The Labute approximate surface area is 147 Å². The van der Waals surface area contributed by atoms with E-state index in [4.69, 9.17) is 16.0 Å². The summed E-state index contributed by atoms with van der Waals surface area (Å²) in [6, 6.07) is 13.6. The van der Waals surface area contributed by atoms with E-state index in [9.17, 15) is 4.79 Å². The van der Waals surface area contributed by atoms with E-state index in [2.05, 4.69) is 4.98 Å². The van der Waals surface area contributed by atoms with E-state index in [0.29, 0.717) is 27.3 Å². The number of halogens is 1. The lowest BCUT2D eigenvalue weighted by atomic mass is 10.0. The number of thioether (sulfide) groups is 1. The van der Waals surface area contributed by atoms with Gasteiger partial charge in [-0.15, -0.1) is 11.8 Å². The molecule has 0 spiro atoms. The van der Waals surface area contributed by atoms with Crippen LogP contribution in [0, 0.1) is 6.92 Å². The fraction of sp³-hybridized carbons (Fsp3) is 0.105. The highest BCUT2D eigenvalue weighted by Crippen LogP contribution is 2.36. The predicted octanol–water partition coefficient (Wildman–Crippen LogP) is 5.63. The molecule has 0 atom stereocenters. The van der Waals surface area contributed by atoms with Crippen LogP contribution in [0.15, 0.2) is 56.6 Å². The van der Waals surface area contributed by atoms with E-state index in [1.54, 1.807) is 17.8 Å². The zero-order valence-electron chi connectivity index (χ0n) is 13.1. The summed E-state index contributed by atoms with van der Waals surface area (Å²) in [5.74, 6) is 0. The van der Waals surface area contributed by atoms with E-state index in [0.717, 1.165) is 16.5 Å². The van der Waals surface area contributed by atoms with Crippen LogP contribution in [-0.4, -0.2) is 11.2 Å². The molecular formula is C19H14ClNO2S. The van der Waals surface area contributed by atoms with Crippen LogP contribution in [0.2, 0.25) is 5.02 Å². The van der Waals surface area contributed by atoms with Crippen LogP contribution in [-0.2, 0) is 0 Å². The minimum absolute atomic E-state index is 0.117. The number of hydrogen-bond acceptors (Lipinski definition) is 3. The summed E-state index contributed by atoms with van der Waals surface area (Å²) >= 11 is 7.78. The van der Waals surface area contributed by atoms with E-state index in [1.807, 2.05) is 49.6 Å². The third-order valence-electron chi connectivity index (χ3n) is 4.21. The molecule has 0 unspecified atom stereocenters. The first-order valence-corrected chi connectivity index (χ1v) is 9.08. The molecule has 0 aliphatic rings. The number of fused-ring (bicyclic) bond motifs is 3. The number of furan rings is 1. The summed E-state index contributed by atoms with van der Waals surface area (Å²) < 4.78 is 6.05. The van der Waals surface area contributed by atoms with Gasteiger partial charge in [0.15, 0.2) is 5.58 Å². The van der Waals surface area contributed by atoms with Crippen LogP contribution >= 0.6 is 23.4 Å².